The van der Waals surface area contributed by atoms with Crippen molar-refractivity contribution in [1.29, 1.82) is 0 Å². The van der Waals surface area contributed by atoms with Crippen molar-refractivity contribution in [2.45, 2.75) is 5.66 Å². The van der Waals surface area contributed by atoms with E-state index in [1.54, 1.807) is 0 Å². The second-order valence-corrected chi connectivity index (χ2v) is 3.63. The molecule has 0 aliphatic carbocycles. The molecule has 2 atom stereocenters. The fraction of sp³-hybridized carbons (Fsp3) is 1.00. The quantitative estimate of drug-likeness (QED) is 0.307. The lowest BCUT2D eigenvalue weighted by Gasteiger charge is -2.09. The maximum Gasteiger partial charge on any atom is 0.106 e. The average molecular weight is 220 g/mol. The van der Waals surface area contributed by atoms with E-state index in [0.717, 1.165) is 13.1 Å². The summed E-state index contributed by atoms with van der Waals surface area (Å²) >= 11 is 0. The van der Waals surface area contributed by atoms with Crippen LogP contribution >= 0.6 is 0 Å². The molecule has 0 spiro atoms. The van der Waals surface area contributed by atoms with Gasteiger partial charge in [-0.1, -0.05) is 0 Å². The lowest BCUT2D eigenvalue weighted by Crippen LogP contribution is -2.35. The first-order valence-electron chi connectivity index (χ1n) is 5.14. The minimum atomic E-state index is -0.503. The summed E-state index contributed by atoms with van der Waals surface area (Å²) < 4.78 is 10.3. The Balaban J connectivity index is 1.82. The van der Waals surface area contributed by atoms with Gasteiger partial charge in [-0.15, -0.1) is 0 Å². The average Bonchev–Trinajstić information content (AvgIpc) is 2.90. The first-order chi connectivity index (χ1) is 7.23. The van der Waals surface area contributed by atoms with Crippen LogP contribution in [0.5, 0.6) is 0 Å². The van der Waals surface area contributed by atoms with Gasteiger partial charge in [0, 0.05) is 13.1 Å². The highest BCUT2D eigenvalue weighted by molar-refractivity contribution is 5.01. The highest BCUT2D eigenvalue weighted by Crippen LogP contribution is 2.24. The molecule has 6 heteroatoms. The van der Waals surface area contributed by atoms with Gasteiger partial charge in [0.15, 0.2) is 0 Å². The van der Waals surface area contributed by atoms with Crippen molar-refractivity contribution in [3.8, 4) is 0 Å². The summed E-state index contributed by atoms with van der Waals surface area (Å²) in [6.07, 6.45) is 0. The summed E-state index contributed by atoms with van der Waals surface area (Å²) in [4.78, 5) is 1.96. The zero-order chi connectivity index (χ0) is 11.1. The van der Waals surface area contributed by atoms with Crippen LogP contribution < -0.4 is 5.73 Å². The van der Waals surface area contributed by atoms with Crippen molar-refractivity contribution < 1.29 is 19.7 Å². The number of hydrogen-bond acceptors (Lipinski definition) is 6. The Morgan fingerprint density at radius 3 is 2.33 bits per heavy atom. The van der Waals surface area contributed by atoms with Gasteiger partial charge >= 0.3 is 0 Å². The molecule has 1 saturated heterocycles. The second kappa shape index (κ2) is 6.37. The summed E-state index contributed by atoms with van der Waals surface area (Å²) in [6, 6.07) is 0. The van der Waals surface area contributed by atoms with Crippen LogP contribution in [-0.4, -0.2) is 73.5 Å². The highest BCUT2D eigenvalue weighted by Gasteiger charge is 2.47. The molecule has 15 heavy (non-hydrogen) atoms. The summed E-state index contributed by atoms with van der Waals surface area (Å²) in [5.74, 6) is 0. The molecule has 1 rings (SSSR count). The molecule has 1 aliphatic rings. The zero-order valence-electron chi connectivity index (χ0n) is 8.89. The minimum absolute atomic E-state index is 0.00733. The SMILES string of the molecule is NC1(CO)CN1CCOCCOCCO. The Kier molecular flexibility index (Phi) is 5.44. The van der Waals surface area contributed by atoms with Crippen LogP contribution in [0.25, 0.3) is 0 Å². The third-order valence-electron chi connectivity index (χ3n) is 2.38. The number of aliphatic hydroxyl groups is 2. The molecule has 4 N–H and O–H groups in total. The molecule has 0 aromatic carbocycles. The van der Waals surface area contributed by atoms with Crippen molar-refractivity contribution in [2.75, 3.05) is 52.7 Å². The van der Waals surface area contributed by atoms with E-state index in [0.29, 0.717) is 26.4 Å². The standard InChI is InChI=1S/C9H20N2O4/c10-9(8-13)7-11(9)1-3-14-5-6-15-4-2-12/h12-13H,1-8,10H2. The number of nitrogens with zero attached hydrogens (tertiary/aromatic N) is 1. The molecule has 0 aromatic rings. The van der Waals surface area contributed by atoms with Crippen molar-refractivity contribution >= 4 is 0 Å². The smallest absolute Gasteiger partial charge is 0.106 e. The summed E-state index contributed by atoms with van der Waals surface area (Å²) in [6.45, 7) is 3.45. The molecular weight excluding hydrogens is 200 g/mol. The fourth-order valence-electron chi connectivity index (χ4n) is 1.31. The van der Waals surface area contributed by atoms with Crippen molar-refractivity contribution in [1.82, 2.24) is 4.90 Å². The topological polar surface area (TPSA) is 88.0 Å². The molecule has 1 fully saturated rings. The molecule has 0 aromatic heterocycles. The third kappa shape index (κ3) is 4.42. The number of nitrogens with two attached hydrogens (primary N) is 1. The molecule has 6 nitrogen and oxygen atoms in total. The van der Waals surface area contributed by atoms with Gasteiger partial charge in [0.05, 0.1) is 39.6 Å². The van der Waals surface area contributed by atoms with Crippen LogP contribution in [0.2, 0.25) is 0 Å². The Hall–Kier alpha value is -0.240. The molecular formula is C9H20N2O4. The molecule has 1 heterocycles. The van der Waals surface area contributed by atoms with Gasteiger partial charge in [0.25, 0.3) is 0 Å². The number of rotatable bonds is 9. The zero-order valence-corrected chi connectivity index (χ0v) is 8.89. The van der Waals surface area contributed by atoms with E-state index in [-0.39, 0.29) is 13.2 Å². The molecule has 0 radical (unpaired) electrons. The van der Waals surface area contributed by atoms with Crippen LogP contribution in [0.15, 0.2) is 0 Å². The maximum atomic E-state index is 8.88. The van der Waals surface area contributed by atoms with Crippen LogP contribution in [0, 0.1) is 0 Å². The molecule has 1 aliphatic heterocycles. The number of hydrogen-bond donors (Lipinski definition) is 3. The van der Waals surface area contributed by atoms with Gasteiger partial charge in [-0.25, -0.2) is 0 Å². The third-order valence-corrected chi connectivity index (χ3v) is 2.38. The Labute approximate surface area is 89.6 Å². The van der Waals surface area contributed by atoms with Crippen molar-refractivity contribution in [3.63, 3.8) is 0 Å². The van der Waals surface area contributed by atoms with E-state index < -0.39 is 5.66 Å². The molecule has 2 unspecified atom stereocenters. The van der Waals surface area contributed by atoms with E-state index in [1.165, 1.54) is 0 Å². The van der Waals surface area contributed by atoms with E-state index in [1.807, 2.05) is 4.90 Å². The van der Waals surface area contributed by atoms with E-state index >= 15 is 0 Å². The van der Waals surface area contributed by atoms with Gasteiger partial charge < -0.3 is 25.4 Å². The van der Waals surface area contributed by atoms with Crippen LogP contribution in [-0.2, 0) is 9.47 Å². The summed E-state index contributed by atoms with van der Waals surface area (Å²) in [7, 11) is 0. The number of ether oxygens (including phenoxy) is 2. The van der Waals surface area contributed by atoms with E-state index in [9.17, 15) is 0 Å². The molecule has 0 amide bonds. The second-order valence-electron chi connectivity index (χ2n) is 3.63. The molecule has 0 saturated carbocycles. The lowest BCUT2D eigenvalue weighted by atomic mass is 10.4. The Morgan fingerprint density at radius 2 is 1.80 bits per heavy atom. The van der Waals surface area contributed by atoms with Gasteiger partial charge in [-0.3, -0.25) is 4.90 Å². The first-order valence-corrected chi connectivity index (χ1v) is 5.14. The normalized spacial score (nSPS) is 29.4. The van der Waals surface area contributed by atoms with Crippen molar-refractivity contribution in [2.24, 2.45) is 5.73 Å². The molecule has 90 valence electrons. The van der Waals surface area contributed by atoms with Crippen LogP contribution in [0.1, 0.15) is 0 Å². The fourth-order valence-corrected chi connectivity index (χ4v) is 1.31. The monoisotopic (exact) mass is 220 g/mol. The molecule has 0 bridgehead atoms. The lowest BCUT2D eigenvalue weighted by molar-refractivity contribution is 0.0300. The van der Waals surface area contributed by atoms with Crippen LogP contribution in [0.3, 0.4) is 0 Å². The van der Waals surface area contributed by atoms with Gasteiger partial charge in [-0.05, 0) is 0 Å². The Morgan fingerprint density at radius 1 is 1.13 bits per heavy atom. The van der Waals surface area contributed by atoms with Crippen LogP contribution in [0.4, 0.5) is 0 Å². The van der Waals surface area contributed by atoms with E-state index in [2.05, 4.69) is 0 Å². The first kappa shape index (κ1) is 12.8. The van der Waals surface area contributed by atoms with Gasteiger partial charge in [-0.2, -0.15) is 0 Å². The van der Waals surface area contributed by atoms with Crippen molar-refractivity contribution in [3.05, 3.63) is 0 Å². The largest absolute Gasteiger partial charge is 0.394 e. The predicted molar refractivity (Wildman–Crippen MR) is 54.3 cm³/mol. The Bertz CT molecular complexity index is 181. The van der Waals surface area contributed by atoms with Gasteiger partial charge in [0.2, 0.25) is 0 Å². The predicted octanol–water partition coefficient (Wildman–Crippen LogP) is -2.03. The maximum absolute atomic E-state index is 8.88. The summed E-state index contributed by atoms with van der Waals surface area (Å²) in [5.41, 5.74) is 5.24. The van der Waals surface area contributed by atoms with Gasteiger partial charge in [0.1, 0.15) is 5.66 Å². The van der Waals surface area contributed by atoms with E-state index in [4.69, 9.17) is 25.4 Å². The number of aliphatic hydroxyl groups excluding tert-OH is 2. The highest BCUT2D eigenvalue weighted by atomic mass is 16.5. The summed E-state index contributed by atoms with van der Waals surface area (Å²) in [5, 5.41) is 17.3. The minimum Gasteiger partial charge on any atom is -0.394 e.